The Kier molecular flexibility index (Phi) is 4.76. The van der Waals surface area contributed by atoms with Gasteiger partial charge in [-0.05, 0) is 36.4 Å². The molecule has 0 spiro atoms. The summed E-state index contributed by atoms with van der Waals surface area (Å²) in [5.74, 6) is -1.06. The first-order valence-corrected chi connectivity index (χ1v) is 7.77. The van der Waals surface area contributed by atoms with Crippen molar-refractivity contribution in [3.8, 4) is 0 Å². The molecule has 3 rings (SSSR count). The van der Waals surface area contributed by atoms with Crippen LogP contribution in [0.25, 0.3) is 0 Å². The second-order valence-electron chi connectivity index (χ2n) is 5.36. The number of hydrogen-bond donors (Lipinski definition) is 2. The summed E-state index contributed by atoms with van der Waals surface area (Å²) in [5, 5.41) is 1.67. The van der Waals surface area contributed by atoms with Crippen LogP contribution in [0.5, 0.6) is 0 Å². The van der Waals surface area contributed by atoms with E-state index in [9.17, 15) is 9.59 Å². The number of nitrogens with one attached hydrogen (secondary N) is 1. The van der Waals surface area contributed by atoms with Gasteiger partial charge in [0.1, 0.15) is 0 Å². The molecule has 5 heteroatoms. The molecule has 3 N–H and O–H groups in total. The van der Waals surface area contributed by atoms with Crippen LogP contribution in [0.15, 0.2) is 84.9 Å². The molecule has 0 radical (unpaired) electrons. The van der Waals surface area contributed by atoms with Crippen molar-refractivity contribution in [2.75, 3.05) is 5.01 Å². The largest absolute Gasteiger partial charge is 0.366 e. The minimum absolute atomic E-state index is 0.182. The third-order valence-electron chi connectivity index (χ3n) is 3.68. The first-order chi connectivity index (χ1) is 12.2. The monoisotopic (exact) mass is 331 g/mol. The van der Waals surface area contributed by atoms with Crippen molar-refractivity contribution in [3.05, 3.63) is 96.1 Å². The molecule has 3 aromatic carbocycles. The third kappa shape index (κ3) is 3.67. The van der Waals surface area contributed by atoms with E-state index in [0.717, 1.165) is 11.4 Å². The summed E-state index contributed by atoms with van der Waals surface area (Å²) < 4.78 is 0. The number of carbonyl (C=O) groups is 2. The average molecular weight is 331 g/mol. The smallest absolute Gasteiger partial charge is 0.270 e. The van der Waals surface area contributed by atoms with Crippen LogP contribution < -0.4 is 16.2 Å². The van der Waals surface area contributed by atoms with Gasteiger partial charge in [-0.3, -0.25) is 20.0 Å². The number of hydrogen-bond acceptors (Lipinski definition) is 3. The molecule has 0 fully saturated rings. The summed E-state index contributed by atoms with van der Waals surface area (Å²) in [4.78, 5) is 24.3. The van der Waals surface area contributed by atoms with Crippen molar-refractivity contribution >= 4 is 23.2 Å². The van der Waals surface area contributed by atoms with Crippen molar-refractivity contribution in [3.63, 3.8) is 0 Å². The third-order valence-corrected chi connectivity index (χ3v) is 3.68. The molecule has 5 nitrogen and oxygen atoms in total. The fourth-order valence-electron chi connectivity index (χ4n) is 2.49. The van der Waals surface area contributed by atoms with Gasteiger partial charge in [0.2, 0.25) is 5.91 Å². The maximum atomic E-state index is 12.8. The van der Waals surface area contributed by atoms with Gasteiger partial charge in [-0.15, -0.1) is 0 Å². The molecule has 0 aliphatic rings. The van der Waals surface area contributed by atoms with Crippen LogP contribution >= 0.6 is 0 Å². The van der Waals surface area contributed by atoms with Gasteiger partial charge in [0.25, 0.3) is 5.91 Å². The summed E-state index contributed by atoms with van der Waals surface area (Å²) in [5.41, 5.74) is 10.2. The van der Waals surface area contributed by atoms with Crippen LogP contribution in [0, 0.1) is 0 Å². The summed E-state index contributed by atoms with van der Waals surface area (Å²) in [6.45, 7) is 0. The van der Waals surface area contributed by atoms with E-state index < -0.39 is 11.8 Å². The summed E-state index contributed by atoms with van der Waals surface area (Å²) in [6, 6.07) is 25.3. The van der Waals surface area contributed by atoms with E-state index in [0.29, 0.717) is 0 Å². The highest BCUT2D eigenvalue weighted by Crippen LogP contribution is 2.23. The number of rotatable bonds is 5. The van der Waals surface area contributed by atoms with Crippen molar-refractivity contribution in [2.45, 2.75) is 0 Å². The molecule has 0 saturated carbocycles. The lowest BCUT2D eigenvalue weighted by molar-refractivity contribution is 0.0936. The van der Waals surface area contributed by atoms with Crippen molar-refractivity contribution < 1.29 is 9.59 Å². The Morgan fingerprint density at radius 1 is 0.680 bits per heavy atom. The normalized spacial score (nSPS) is 10.1. The number of hydrazine groups is 1. The Morgan fingerprint density at radius 2 is 1.12 bits per heavy atom. The molecule has 0 bridgehead atoms. The second kappa shape index (κ2) is 7.31. The fraction of sp³-hybridized carbons (Fsp3) is 0. The van der Waals surface area contributed by atoms with Crippen LogP contribution in [0.4, 0.5) is 11.4 Å². The highest BCUT2D eigenvalue weighted by molar-refractivity contribution is 6.07. The van der Waals surface area contributed by atoms with E-state index in [1.807, 2.05) is 60.7 Å². The number of nitrogens with two attached hydrogens (primary N) is 1. The highest BCUT2D eigenvalue weighted by atomic mass is 16.2. The molecule has 2 amide bonds. The lowest BCUT2D eigenvalue weighted by Gasteiger charge is -2.25. The molecule has 0 unspecified atom stereocenters. The van der Waals surface area contributed by atoms with E-state index in [1.165, 1.54) is 6.07 Å². The van der Waals surface area contributed by atoms with Crippen LogP contribution in [-0.4, -0.2) is 11.8 Å². The van der Waals surface area contributed by atoms with Gasteiger partial charge >= 0.3 is 0 Å². The predicted molar refractivity (Wildman–Crippen MR) is 97.4 cm³/mol. The van der Waals surface area contributed by atoms with Crippen LogP contribution in [-0.2, 0) is 0 Å². The average Bonchev–Trinajstić information content (AvgIpc) is 2.67. The highest BCUT2D eigenvalue weighted by Gasteiger charge is 2.18. The van der Waals surface area contributed by atoms with E-state index >= 15 is 0 Å². The summed E-state index contributed by atoms with van der Waals surface area (Å²) in [6.07, 6.45) is 0. The number of carbonyl (C=O) groups excluding carboxylic acids is 2. The zero-order valence-corrected chi connectivity index (χ0v) is 13.4. The summed E-state index contributed by atoms with van der Waals surface area (Å²) in [7, 11) is 0. The molecule has 0 aliphatic carbocycles. The van der Waals surface area contributed by atoms with E-state index in [-0.39, 0.29) is 11.1 Å². The maximum absolute atomic E-state index is 12.8. The van der Waals surface area contributed by atoms with Crippen molar-refractivity contribution in [1.82, 2.24) is 5.43 Å². The second-order valence-corrected chi connectivity index (χ2v) is 5.36. The molecule has 124 valence electrons. The molecule has 0 heterocycles. The van der Waals surface area contributed by atoms with Gasteiger partial charge < -0.3 is 5.73 Å². The molecular weight excluding hydrogens is 314 g/mol. The Labute approximate surface area is 145 Å². The van der Waals surface area contributed by atoms with Gasteiger partial charge in [-0.2, -0.15) is 0 Å². The minimum atomic E-state index is -0.642. The Bertz CT molecular complexity index is 840. The molecule has 25 heavy (non-hydrogen) atoms. The minimum Gasteiger partial charge on any atom is -0.366 e. The van der Waals surface area contributed by atoms with Gasteiger partial charge in [0.15, 0.2) is 0 Å². The molecule has 0 aromatic heterocycles. The first-order valence-electron chi connectivity index (χ1n) is 7.77. The van der Waals surface area contributed by atoms with E-state index in [2.05, 4.69) is 5.43 Å². The van der Waals surface area contributed by atoms with Crippen LogP contribution in [0.1, 0.15) is 20.7 Å². The SMILES string of the molecule is NC(=O)c1ccccc1C(=O)NN(c1ccccc1)c1ccccc1. The maximum Gasteiger partial charge on any atom is 0.270 e. The quantitative estimate of drug-likeness (QED) is 0.705. The molecular formula is C20H17N3O2. The number of benzene rings is 3. The number of para-hydroxylation sites is 2. The summed E-state index contributed by atoms with van der Waals surface area (Å²) >= 11 is 0. The number of anilines is 2. The number of nitrogens with zero attached hydrogens (tertiary/aromatic N) is 1. The zero-order valence-electron chi connectivity index (χ0n) is 13.4. The van der Waals surface area contributed by atoms with Crippen LogP contribution in [0.3, 0.4) is 0 Å². The molecule has 0 saturated heterocycles. The predicted octanol–water partition coefficient (Wildman–Crippen LogP) is 3.27. The topological polar surface area (TPSA) is 75.4 Å². The van der Waals surface area contributed by atoms with E-state index in [1.54, 1.807) is 23.2 Å². The van der Waals surface area contributed by atoms with Gasteiger partial charge in [0.05, 0.1) is 22.5 Å². The molecule has 3 aromatic rings. The van der Waals surface area contributed by atoms with Gasteiger partial charge in [-0.1, -0.05) is 48.5 Å². The van der Waals surface area contributed by atoms with Crippen molar-refractivity contribution in [1.29, 1.82) is 0 Å². The van der Waals surface area contributed by atoms with Crippen molar-refractivity contribution in [2.24, 2.45) is 5.73 Å². The Hall–Kier alpha value is -3.60. The van der Waals surface area contributed by atoms with E-state index in [4.69, 9.17) is 5.73 Å². The Morgan fingerprint density at radius 3 is 1.60 bits per heavy atom. The fourth-order valence-corrected chi connectivity index (χ4v) is 2.49. The van der Waals surface area contributed by atoms with Crippen LogP contribution in [0.2, 0.25) is 0 Å². The zero-order chi connectivity index (χ0) is 17.6. The molecule has 0 atom stereocenters. The molecule has 0 aliphatic heterocycles. The van der Waals surface area contributed by atoms with Gasteiger partial charge in [0, 0.05) is 0 Å². The Balaban J connectivity index is 1.97. The standard InChI is InChI=1S/C20H17N3O2/c21-19(24)17-13-7-8-14-18(17)20(25)22-23(15-9-3-1-4-10-15)16-11-5-2-6-12-16/h1-14H,(H2,21,24)(H,22,25). The number of amides is 2. The lowest BCUT2D eigenvalue weighted by atomic mass is 10.1. The lowest BCUT2D eigenvalue weighted by Crippen LogP contribution is -2.39. The first kappa shape index (κ1) is 16.3. The number of primary amides is 1. The van der Waals surface area contributed by atoms with Gasteiger partial charge in [-0.25, -0.2) is 0 Å².